The minimum absolute atomic E-state index is 0.0144. The van der Waals surface area contributed by atoms with E-state index >= 15 is 4.39 Å². The lowest BCUT2D eigenvalue weighted by molar-refractivity contribution is 0.590. The van der Waals surface area contributed by atoms with Gasteiger partial charge in [-0.1, -0.05) is 378 Å². The van der Waals surface area contributed by atoms with E-state index in [-0.39, 0.29) is 49.1 Å². The van der Waals surface area contributed by atoms with Crippen LogP contribution in [0.3, 0.4) is 0 Å². The van der Waals surface area contributed by atoms with Crippen molar-refractivity contribution in [3.63, 3.8) is 0 Å². The highest BCUT2D eigenvalue weighted by atomic mass is 19.1. The first-order chi connectivity index (χ1) is 62.7. The Bertz CT molecular complexity index is 6510. The van der Waals surface area contributed by atoms with Crippen molar-refractivity contribution in [2.75, 3.05) is 0 Å². The van der Waals surface area contributed by atoms with E-state index in [2.05, 4.69) is 500 Å². The Morgan fingerprint density at radius 1 is 0.150 bits per heavy atom. The van der Waals surface area contributed by atoms with Crippen LogP contribution >= 0.6 is 0 Å². The average molecular weight is 1740 g/mol. The molecule has 0 aliphatic rings. The molecule has 0 aliphatic heterocycles. The SMILES string of the molecule is CC(C)(C)c1ccc(-c2cc(-c3ccc(C(C)(C)C)cc3)cc(-c3cc(-c4cc(-c5ccc(C(C)(C)C)cc5)cc(-c5ccc(C(C)(C)C)cc5)c4)cc(-c4cc(F)cc(-c5nccc6c(-c7cc(-c8cc(-c9ccc(C(C)(C)C)cc9)cc(-c9ccc(C(C)(C)C)cc9)c8)cc(-c8cc(-c9ccc(C(C)(C)C)cc9)cc(-c9ccc(C(C)(C)C)cc9)c8)c7)cccc56)c4)c3)c2)cc1. The molecule has 16 aromatic carbocycles. The third kappa shape index (κ3) is 20.3. The number of fused-ring (bicyclic) bond motifs is 1. The molecule has 0 amide bonds. The van der Waals surface area contributed by atoms with Crippen LogP contribution in [0.1, 0.15) is 211 Å². The zero-order chi connectivity index (χ0) is 94.4. The molecule has 0 unspecified atom stereocenters. The zero-order valence-corrected chi connectivity index (χ0v) is 82.8. The Morgan fingerprint density at radius 3 is 0.496 bits per heavy atom. The van der Waals surface area contributed by atoms with Gasteiger partial charge in [0.25, 0.3) is 0 Å². The van der Waals surface area contributed by atoms with Crippen molar-refractivity contribution in [1.29, 1.82) is 0 Å². The number of rotatable bonds is 15. The minimum Gasteiger partial charge on any atom is -0.256 e. The summed E-state index contributed by atoms with van der Waals surface area (Å²) in [5, 5.41) is 1.91. The molecule has 0 radical (unpaired) electrons. The summed E-state index contributed by atoms with van der Waals surface area (Å²) in [5.74, 6) is -0.357. The third-order valence-electron chi connectivity index (χ3n) is 27.2. The fourth-order valence-electron chi connectivity index (χ4n) is 18.6. The number of halogens is 1. The van der Waals surface area contributed by atoms with Gasteiger partial charge in [-0.2, -0.15) is 0 Å². The number of hydrogen-bond acceptors (Lipinski definition) is 1. The Balaban J connectivity index is 0.875. The van der Waals surface area contributed by atoms with Gasteiger partial charge in [-0.25, -0.2) is 4.39 Å². The largest absolute Gasteiger partial charge is 0.256 e. The quantitative estimate of drug-likeness (QED) is 0.0997. The molecule has 0 saturated carbocycles. The highest BCUT2D eigenvalue weighted by Crippen LogP contribution is 2.48. The van der Waals surface area contributed by atoms with Crippen molar-refractivity contribution in [2.24, 2.45) is 0 Å². The molecule has 0 N–H and O–H groups in total. The van der Waals surface area contributed by atoms with Gasteiger partial charge in [-0.05, 0) is 382 Å². The van der Waals surface area contributed by atoms with Crippen molar-refractivity contribution >= 4 is 10.8 Å². The van der Waals surface area contributed by atoms with Crippen LogP contribution in [-0.2, 0) is 43.3 Å². The van der Waals surface area contributed by atoms with Crippen molar-refractivity contribution in [1.82, 2.24) is 4.98 Å². The summed E-state index contributed by atoms with van der Waals surface area (Å²) in [6, 6.07) is 130. The van der Waals surface area contributed by atoms with Gasteiger partial charge in [0.1, 0.15) is 5.82 Å². The molecular formula is C131H130FN. The molecule has 0 aliphatic carbocycles. The average Bonchev–Trinajstić information content (AvgIpc) is 0.753. The summed E-state index contributed by atoms with van der Waals surface area (Å²) in [6.07, 6.45) is 1.92. The van der Waals surface area contributed by atoms with Crippen molar-refractivity contribution < 1.29 is 4.39 Å². The molecule has 0 fully saturated rings. The van der Waals surface area contributed by atoms with E-state index in [1.54, 1.807) is 12.1 Å². The maximum absolute atomic E-state index is 18.0. The van der Waals surface area contributed by atoms with Crippen LogP contribution in [0.25, 0.3) is 178 Å². The monoisotopic (exact) mass is 1740 g/mol. The molecule has 0 spiro atoms. The van der Waals surface area contributed by atoms with Gasteiger partial charge < -0.3 is 0 Å². The Labute approximate surface area is 793 Å². The second kappa shape index (κ2) is 35.1. The van der Waals surface area contributed by atoms with Crippen LogP contribution < -0.4 is 0 Å². The molecule has 1 aromatic heterocycles. The number of pyridine rings is 1. The zero-order valence-electron chi connectivity index (χ0n) is 82.8. The highest BCUT2D eigenvalue weighted by Gasteiger charge is 2.26. The van der Waals surface area contributed by atoms with Crippen LogP contribution in [0.2, 0.25) is 0 Å². The first-order valence-electron chi connectivity index (χ1n) is 47.7. The lowest BCUT2D eigenvalue weighted by atomic mass is 9.84. The number of hydrogen-bond donors (Lipinski definition) is 0. The van der Waals surface area contributed by atoms with Crippen LogP contribution in [0.15, 0.2) is 352 Å². The molecule has 17 aromatic rings. The normalized spacial score (nSPS) is 12.5. The molecule has 666 valence electrons. The molecule has 2 heteroatoms. The standard InChI is InChI=1S/C131H130FN/c1-124(2,3)111-44-28-83(29-45-111)91-62-92(84-30-46-112(47-31-84)125(4,5)6)67-99(66-91)103-74-104(100-68-93(85-32-48-113(49-33-85)126(7,8)9)63-94(69-100)86-34-50-114(51-35-86)127(10,11)12)76-105(75-103)108-80-110(82-119(132)81-108)123-122-27-25-26-120(121(122)60-61-133-123)109-78-106(101-70-95(87-36-52-115(53-37-87)128(13,14)15)64-96(71-101)88-38-54-116(55-39-88)129(16,17)18)77-107(79-109)102-72-97(89-40-56-117(57-41-89)130(19,20)21)65-98(73-102)90-42-58-118(59-43-90)131(22,23)24/h25-82H,1-24H3. The molecule has 17 rings (SSSR count). The van der Waals surface area contributed by atoms with Gasteiger partial charge in [0.05, 0.1) is 5.69 Å². The summed E-state index contributed by atoms with van der Waals surface area (Å²) in [5.41, 5.74) is 41.7. The van der Waals surface area contributed by atoms with E-state index in [4.69, 9.17) is 4.98 Å². The van der Waals surface area contributed by atoms with E-state index in [0.29, 0.717) is 11.3 Å². The van der Waals surface area contributed by atoms with Crippen LogP contribution in [-0.4, -0.2) is 4.98 Å². The van der Waals surface area contributed by atoms with Crippen LogP contribution in [0.4, 0.5) is 4.39 Å². The number of aromatic nitrogens is 1. The third-order valence-corrected chi connectivity index (χ3v) is 27.2. The first kappa shape index (κ1) is 91.7. The van der Waals surface area contributed by atoms with E-state index < -0.39 is 0 Å². The van der Waals surface area contributed by atoms with E-state index in [9.17, 15) is 0 Å². The fourth-order valence-corrected chi connectivity index (χ4v) is 18.6. The van der Waals surface area contributed by atoms with Crippen molar-refractivity contribution in [2.45, 2.75) is 209 Å². The predicted octanol–water partition coefficient (Wildman–Crippen LogP) is 37.8. The minimum atomic E-state index is -0.357. The molecule has 1 heterocycles. The van der Waals surface area contributed by atoms with E-state index in [1.807, 2.05) is 6.20 Å². The number of benzene rings is 16. The van der Waals surface area contributed by atoms with Crippen LogP contribution in [0.5, 0.6) is 0 Å². The Morgan fingerprint density at radius 2 is 0.308 bits per heavy atom. The topological polar surface area (TPSA) is 12.9 Å². The molecule has 133 heavy (non-hydrogen) atoms. The number of nitrogens with zero attached hydrogens (tertiary/aromatic N) is 1. The van der Waals surface area contributed by atoms with Crippen molar-refractivity contribution in [3.05, 3.63) is 402 Å². The van der Waals surface area contributed by atoms with Gasteiger partial charge in [-0.15, -0.1) is 0 Å². The smallest absolute Gasteiger partial charge is 0.124 e. The van der Waals surface area contributed by atoms with Gasteiger partial charge in [-0.3, -0.25) is 4.98 Å². The second-order valence-electron chi connectivity index (χ2n) is 45.7. The van der Waals surface area contributed by atoms with Gasteiger partial charge in [0.2, 0.25) is 0 Å². The summed E-state index contributed by atoms with van der Waals surface area (Å²) < 4.78 is 18.0. The molecule has 0 saturated heterocycles. The maximum Gasteiger partial charge on any atom is 0.124 e. The summed E-state index contributed by atoms with van der Waals surface area (Å²) in [7, 11) is 0. The maximum atomic E-state index is 18.0. The first-order valence-corrected chi connectivity index (χ1v) is 47.7. The molecule has 0 atom stereocenters. The second-order valence-corrected chi connectivity index (χ2v) is 45.7. The van der Waals surface area contributed by atoms with Crippen molar-refractivity contribution in [3.8, 4) is 167 Å². The Kier molecular flexibility index (Phi) is 24.2. The highest BCUT2D eigenvalue weighted by molar-refractivity contribution is 6.05. The molecule has 1 nitrogen and oxygen atoms in total. The Hall–Kier alpha value is -13.1. The summed E-state index contributed by atoms with van der Waals surface area (Å²) in [6.45, 7) is 54.7. The lowest BCUT2D eigenvalue weighted by Crippen LogP contribution is -2.10. The van der Waals surface area contributed by atoms with Gasteiger partial charge >= 0.3 is 0 Å². The molecule has 0 bridgehead atoms. The van der Waals surface area contributed by atoms with Gasteiger partial charge in [0, 0.05) is 17.1 Å². The predicted molar refractivity (Wildman–Crippen MR) is 573 cm³/mol. The summed E-state index contributed by atoms with van der Waals surface area (Å²) >= 11 is 0. The fraction of sp³-hybridized carbons (Fsp3) is 0.244. The molecular weight excluding hydrogens is 1610 g/mol. The van der Waals surface area contributed by atoms with E-state index in [1.165, 1.54) is 44.5 Å². The summed E-state index contributed by atoms with van der Waals surface area (Å²) in [4.78, 5) is 5.34. The van der Waals surface area contributed by atoms with E-state index in [0.717, 1.165) is 167 Å². The van der Waals surface area contributed by atoms with Crippen LogP contribution in [0, 0.1) is 5.82 Å². The van der Waals surface area contributed by atoms with Gasteiger partial charge in [0.15, 0.2) is 0 Å². The lowest BCUT2D eigenvalue weighted by Gasteiger charge is -2.21.